The third-order valence-corrected chi connectivity index (χ3v) is 2.95. The Morgan fingerprint density at radius 3 is 2.33 bits per heavy atom. The average Bonchev–Trinajstić information content (AvgIpc) is 2.06. The zero-order valence-electron chi connectivity index (χ0n) is 9.32. The molecule has 4 nitrogen and oxygen atoms in total. The van der Waals surface area contributed by atoms with Gasteiger partial charge in [-0.05, 0) is 24.7 Å². The molecule has 86 valence electrons. The molecule has 0 spiro atoms. The van der Waals surface area contributed by atoms with E-state index in [9.17, 15) is 9.59 Å². The van der Waals surface area contributed by atoms with Crippen LogP contribution in [0.25, 0.3) is 0 Å². The first kappa shape index (κ1) is 12.0. The highest BCUT2D eigenvalue weighted by Gasteiger charge is 2.26. The lowest BCUT2D eigenvalue weighted by molar-refractivity contribution is -0.143. The van der Waals surface area contributed by atoms with Crippen molar-refractivity contribution in [3.05, 3.63) is 0 Å². The molecule has 1 fully saturated rings. The van der Waals surface area contributed by atoms with Gasteiger partial charge in [-0.3, -0.25) is 4.79 Å². The molecule has 0 saturated heterocycles. The fourth-order valence-electron chi connectivity index (χ4n) is 1.71. The van der Waals surface area contributed by atoms with Crippen LogP contribution in [0.4, 0.5) is 0 Å². The molecule has 0 aromatic carbocycles. The highest BCUT2D eigenvalue weighted by atomic mass is 16.4. The molecule has 1 amide bonds. The number of rotatable bonds is 5. The van der Waals surface area contributed by atoms with Crippen molar-refractivity contribution in [2.24, 2.45) is 11.8 Å². The molecule has 2 N–H and O–H groups in total. The monoisotopic (exact) mass is 213 g/mol. The van der Waals surface area contributed by atoms with Crippen LogP contribution in [-0.4, -0.2) is 23.0 Å². The summed E-state index contributed by atoms with van der Waals surface area (Å²) in [4.78, 5) is 22.3. The topological polar surface area (TPSA) is 66.4 Å². The molecule has 1 saturated carbocycles. The molecule has 1 aliphatic carbocycles. The molecule has 0 aromatic rings. The Morgan fingerprint density at radius 1 is 1.40 bits per heavy atom. The van der Waals surface area contributed by atoms with Crippen LogP contribution in [-0.2, 0) is 9.59 Å². The summed E-state index contributed by atoms with van der Waals surface area (Å²) < 4.78 is 0. The standard InChI is InChI=1S/C11H19NO3/c1-7(2)10(11(14)15)12-9(13)6-8-4-3-5-8/h7-8,10H,3-6H2,1-2H3,(H,12,13)(H,14,15). The van der Waals surface area contributed by atoms with Crippen LogP contribution in [0.15, 0.2) is 0 Å². The third-order valence-electron chi connectivity index (χ3n) is 2.95. The fraction of sp³-hybridized carbons (Fsp3) is 0.818. The maximum atomic E-state index is 11.5. The minimum absolute atomic E-state index is 0.0761. The van der Waals surface area contributed by atoms with E-state index in [0.717, 1.165) is 12.8 Å². The molecule has 15 heavy (non-hydrogen) atoms. The first-order valence-corrected chi connectivity index (χ1v) is 5.53. The van der Waals surface area contributed by atoms with E-state index in [2.05, 4.69) is 5.32 Å². The lowest BCUT2D eigenvalue weighted by Crippen LogP contribution is -2.45. The molecular formula is C11H19NO3. The number of hydrogen-bond acceptors (Lipinski definition) is 2. The second kappa shape index (κ2) is 5.14. The average molecular weight is 213 g/mol. The first-order chi connectivity index (χ1) is 7.00. The quantitative estimate of drug-likeness (QED) is 0.725. The normalized spacial score (nSPS) is 18.3. The van der Waals surface area contributed by atoms with Crippen molar-refractivity contribution in [3.63, 3.8) is 0 Å². The van der Waals surface area contributed by atoms with Gasteiger partial charge in [0.25, 0.3) is 0 Å². The number of hydrogen-bond donors (Lipinski definition) is 2. The van der Waals surface area contributed by atoms with Gasteiger partial charge < -0.3 is 10.4 Å². The van der Waals surface area contributed by atoms with E-state index in [4.69, 9.17) is 5.11 Å². The van der Waals surface area contributed by atoms with Gasteiger partial charge in [-0.1, -0.05) is 20.3 Å². The minimum atomic E-state index is -0.952. The molecule has 1 unspecified atom stereocenters. The van der Waals surface area contributed by atoms with Gasteiger partial charge >= 0.3 is 5.97 Å². The van der Waals surface area contributed by atoms with E-state index >= 15 is 0 Å². The Balaban J connectivity index is 2.36. The van der Waals surface area contributed by atoms with E-state index in [-0.39, 0.29) is 11.8 Å². The number of nitrogens with one attached hydrogen (secondary N) is 1. The van der Waals surface area contributed by atoms with E-state index < -0.39 is 12.0 Å². The van der Waals surface area contributed by atoms with Crippen molar-refractivity contribution < 1.29 is 14.7 Å². The summed E-state index contributed by atoms with van der Waals surface area (Å²) in [6.45, 7) is 3.59. The fourth-order valence-corrected chi connectivity index (χ4v) is 1.71. The van der Waals surface area contributed by atoms with Crippen molar-refractivity contribution in [3.8, 4) is 0 Å². The van der Waals surface area contributed by atoms with Crippen molar-refractivity contribution in [1.82, 2.24) is 5.32 Å². The Bertz CT molecular complexity index is 246. The smallest absolute Gasteiger partial charge is 0.326 e. The van der Waals surface area contributed by atoms with Crippen LogP contribution in [0.5, 0.6) is 0 Å². The van der Waals surface area contributed by atoms with Crippen LogP contribution < -0.4 is 5.32 Å². The summed E-state index contributed by atoms with van der Waals surface area (Å²) in [6.07, 6.45) is 3.89. The van der Waals surface area contributed by atoms with Crippen LogP contribution in [0.2, 0.25) is 0 Å². The summed E-state index contributed by atoms with van der Waals surface area (Å²) in [5.41, 5.74) is 0. The third kappa shape index (κ3) is 3.53. The van der Waals surface area contributed by atoms with Crippen molar-refractivity contribution in [2.45, 2.75) is 45.6 Å². The SMILES string of the molecule is CC(C)C(NC(=O)CC1CCC1)C(=O)O. The molecule has 0 aliphatic heterocycles. The molecule has 1 atom stereocenters. The van der Waals surface area contributed by atoms with Gasteiger partial charge in [-0.25, -0.2) is 4.79 Å². The highest BCUT2D eigenvalue weighted by Crippen LogP contribution is 2.29. The van der Waals surface area contributed by atoms with Crippen molar-refractivity contribution in [2.75, 3.05) is 0 Å². The number of aliphatic carboxylic acids is 1. The predicted octanol–water partition coefficient (Wildman–Crippen LogP) is 1.40. The molecule has 0 radical (unpaired) electrons. The van der Waals surface area contributed by atoms with E-state index in [1.54, 1.807) is 13.8 Å². The largest absolute Gasteiger partial charge is 0.480 e. The molecule has 0 heterocycles. The minimum Gasteiger partial charge on any atom is -0.480 e. The second-order valence-electron chi connectivity index (χ2n) is 4.63. The van der Waals surface area contributed by atoms with Gasteiger partial charge in [0.15, 0.2) is 0 Å². The molecule has 1 rings (SSSR count). The Labute approximate surface area is 90.0 Å². The molecule has 0 aromatic heterocycles. The van der Waals surface area contributed by atoms with Gasteiger partial charge in [-0.15, -0.1) is 0 Å². The zero-order chi connectivity index (χ0) is 11.4. The lowest BCUT2D eigenvalue weighted by Gasteiger charge is -2.26. The Kier molecular flexibility index (Phi) is 4.12. The first-order valence-electron chi connectivity index (χ1n) is 5.53. The van der Waals surface area contributed by atoms with Gasteiger partial charge in [0.05, 0.1) is 0 Å². The lowest BCUT2D eigenvalue weighted by atomic mass is 9.83. The summed E-state index contributed by atoms with van der Waals surface area (Å²) in [7, 11) is 0. The van der Waals surface area contributed by atoms with Crippen LogP contribution in [0, 0.1) is 11.8 Å². The number of carboxylic acids is 1. The number of amides is 1. The van der Waals surface area contributed by atoms with Gasteiger partial charge in [0.2, 0.25) is 5.91 Å². The molecule has 4 heteroatoms. The van der Waals surface area contributed by atoms with Gasteiger partial charge in [0.1, 0.15) is 6.04 Å². The summed E-state index contributed by atoms with van der Waals surface area (Å²) in [5, 5.41) is 11.5. The maximum Gasteiger partial charge on any atom is 0.326 e. The molecular weight excluding hydrogens is 194 g/mol. The number of carboxylic acid groups (broad SMARTS) is 1. The van der Waals surface area contributed by atoms with Crippen molar-refractivity contribution >= 4 is 11.9 Å². The highest BCUT2D eigenvalue weighted by molar-refractivity contribution is 5.83. The summed E-state index contributed by atoms with van der Waals surface area (Å²) >= 11 is 0. The van der Waals surface area contributed by atoms with E-state index in [1.807, 2.05) is 0 Å². The summed E-state index contributed by atoms with van der Waals surface area (Å²) in [5.74, 6) is -0.674. The van der Waals surface area contributed by atoms with Crippen LogP contribution >= 0.6 is 0 Å². The summed E-state index contributed by atoms with van der Waals surface area (Å²) in [6, 6.07) is -0.752. The van der Waals surface area contributed by atoms with Crippen LogP contribution in [0.1, 0.15) is 39.5 Å². The number of carbonyl (C=O) groups is 2. The Morgan fingerprint density at radius 2 is 2.00 bits per heavy atom. The van der Waals surface area contributed by atoms with Crippen LogP contribution in [0.3, 0.4) is 0 Å². The molecule has 1 aliphatic rings. The zero-order valence-corrected chi connectivity index (χ0v) is 9.32. The number of carbonyl (C=O) groups excluding carboxylic acids is 1. The second-order valence-corrected chi connectivity index (χ2v) is 4.63. The predicted molar refractivity (Wildman–Crippen MR) is 56.4 cm³/mol. The van der Waals surface area contributed by atoms with E-state index in [0.29, 0.717) is 12.3 Å². The van der Waals surface area contributed by atoms with E-state index in [1.165, 1.54) is 6.42 Å². The molecule has 0 bridgehead atoms. The Hall–Kier alpha value is -1.06. The van der Waals surface area contributed by atoms with Gasteiger partial charge in [-0.2, -0.15) is 0 Å². The maximum absolute atomic E-state index is 11.5. The van der Waals surface area contributed by atoms with Gasteiger partial charge in [0, 0.05) is 6.42 Å². The van der Waals surface area contributed by atoms with Crippen molar-refractivity contribution in [1.29, 1.82) is 0 Å².